The van der Waals surface area contributed by atoms with Gasteiger partial charge >= 0.3 is 5.97 Å². The highest BCUT2D eigenvalue weighted by Crippen LogP contribution is 2.40. The number of rotatable bonds is 14. The Morgan fingerprint density at radius 3 is 2.46 bits per heavy atom. The second kappa shape index (κ2) is 11.9. The lowest BCUT2D eigenvalue weighted by molar-refractivity contribution is -0.137. The lowest BCUT2D eigenvalue weighted by atomic mass is 9.85. The third-order valence-corrected chi connectivity index (χ3v) is 6.07. The van der Waals surface area contributed by atoms with Crippen LogP contribution in [0.15, 0.2) is 0 Å². The van der Waals surface area contributed by atoms with Crippen molar-refractivity contribution in [2.24, 2.45) is 17.8 Å². The number of aliphatic carboxylic acids is 1. The van der Waals surface area contributed by atoms with Gasteiger partial charge in [0, 0.05) is 19.3 Å². The molecule has 0 aromatic carbocycles. The number of alkyl halides is 2. The second-order valence-corrected chi connectivity index (χ2v) is 8.38. The maximum absolute atomic E-state index is 14.0. The molecule has 2 unspecified atom stereocenters. The fourth-order valence-corrected chi connectivity index (χ4v) is 4.30. The van der Waals surface area contributed by atoms with Gasteiger partial charge in [-0.25, -0.2) is 8.78 Å². The van der Waals surface area contributed by atoms with Crippen LogP contribution in [-0.4, -0.2) is 28.2 Å². The number of aliphatic hydroxyl groups excluding tert-OH is 1. The molecule has 2 N–H and O–H groups in total. The zero-order valence-corrected chi connectivity index (χ0v) is 16.6. The molecular formula is C21H38F2O3. The first-order chi connectivity index (χ1) is 12.2. The molecule has 0 spiro atoms. The average Bonchev–Trinajstić information content (AvgIpc) is 2.90. The van der Waals surface area contributed by atoms with Crippen LogP contribution in [0.5, 0.6) is 0 Å². The Morgan fingerprint density at radius 2 is 1.81 bits per heavy atom. The fourth-order valence-electron chi connectivity index (χ4n) is 4.30. The predicted octanol–water partition coefficient (Wildman–Crippen LogP) is 6.04. The highest BCUT2D eigenvalue weighted by Gasteiger charge is 2.35. The summed E-state index contributed by atoms with van der Waals surface area (Å²) in [6.45, 7) is 3.83. The van der Waals surface area contributed by atoms with Gasteiger partial charge < -0.3 is 10.2 Å². The minimum Gasteiger partial charge on any atom is -0.481 e. The molecule has 0 aromatic rings. The van der Waals surface area contributed by atoms with Crippen molar-refractivity contribution in [2.45, 2.75) is 109 Å². The van der Waals surface area contributed by atoms with Gasteiger partial charge in [-0.3, -0.25) is 4.79 Å². The lowest BCUT2D eigenvalue weighted by Crippen LogP contribution is -2.22. The van der Waals surface area contributed by atoms with E-state index in [0.717, 1.165) is 51.4 Å². The summed E-state index contributed by atoms with van der Waals surface area (Å²) in [5.41, 5.74) is 0. The average molecular weight is 377 g/mol. The predicted molar refractivity (Wildman–Crippen MR) is 100 cm³/mol. The summed E-state index contributed by atoms with van der Waals surface area (Å²) in [5, 5.41) is 18.8. The van der Waals surface area contributed by atoms with Crippen molar-refractivity contribution in [3.63, 3.8) is 0 Å². The largest absolute Gasteiger partial charge is 0.481 e. The van der Waals surface area contributed by atoms with Crippen LogP contribution >= 0.6 is 0 Å². The van der Waals surface area contributed by atoms with Crippen LogP contribution in [0.3, 0.4) is 0 Å². The molecule has 0 saturated heterocycles. The van der Waals surface area contributed by atoms with Gasteiger partial charge in [0.25, 0.3) is 0 Å². The van der Waals surface area contributed by atoms with Gasteiger partial charge in [-0.1, -0.05) is 39.5 Å². The van der Waals surface area contributed by atoms with Crippen LogP contribution in [0.1, 0.15) is 97.3 Å². The van der Waals surface area contributed by atoms with Gasteiger partial charge in [0.05, 0.1) is 6.10 Å². The number of carboxylic acids is 1. The standard InChI is InChI=1S/C21H38F2O3/c1-3-16(2)15-21(22,23)14-8-9-17-12-13-19(24)18(17)10-6-4-5-7-11-20(25)26/h16-19,24H,3-15H2,1-2H3,(H,25,26)/t16-,17-,18?,19?/m0/s1. The molecule has 0 radical (unpaired) electrons. The molecular weight excluding hydrogens is 338 g/mol. The van der Waals surface area contributed by atoms with Crippen LogP contribution in [0.2, 0.25) is 0 Å². The van der Waals surface area contributed by atoms with Crippen molar-refractivity contribution in [3.05, 3.63) is 0 Å². The first-order valence-electron chi connectivity index (χ1n) is 10.5. The number of hydrogen-bond acceptors (Lipinski definition) is 2. The van der Waals surface area contributed by atoms with Crippen molar-refractivity contribution < 1.29 is 23.8 Å². The number of carbonyl (C=O) groups is 1. The SMILES string of the molecule is CC[C@H](C)CC(F)(F)CCC[C@H]1CCC(O)C1CCCCCCC(=O)O. The molecule has 4 atom stereocenters. The topological polar surface area (TPSA) is 57.5 Å². The van der Waals surface area contributed by atoms with Crippen LogP contribution in [-0.2, 0) is 4.79 Å². The van der Waals surface area contributed by atoms with E-state index in [1.165, 1.54) is 0 Å². The Bertz CT molecular complexity index is 401. The number of carboxylic acid groups (broad SMARTS) is 1. The van der Waals surface area contributed by atoms with E-state index in [1.807, 2.05) is 13.8 Å². The Balaban J connectivity index is 2.26. The van der Waals surface area contributed by atoms with Crippen LogP contribution in [0.4, 0.5) is 8.78 Å². The fraction of sp³-hybridized carbons (Fsp3) is 0.952. The monoisotopic (exact) mass is 376 g/mol. The van der Waals surface area contributed by atoms with Gasteiger partial charge in [0.1, 0.15) is 0 Å². The number of halogens is 2. The molecule has 0 heterocycles. The molecule has 0 aromatic heterocycles. The van der Waals surface area contributed by atoms with E-state index in [0.29, 0.717) is 18.8 Å². The van der Waals surface area contributed by atoms with Crippen LogP contribution in [0, 0.1) is 17.8 Å². The summed E-state index contributed by atoms with van der Waals surface area (Å²) < 4.78 is 28.0. The highest BCUT2D eigenvalue weighted by molar-refractivity contribution is 5.66. The number of hydrogen-bond donors (Lipinski definition) is 2. The summed E-state index contributed by atoms with van der Waals surface area (Å²) in [6.07, 6.45) is 8.24. The van der Waals surface area contributed by atoms with E-state index >= 15 is 0 Å². The summed E-state index contributed by atoms with van der Waals surface area (Å²) in [6, 6.07) is 0. The molecule has 1 rings (SSSR count). The normalized spacial score (nSPS) is 24.7. The minimum absolute atomic E-state index is 0.0173. The van der Waals surface area contributed by atoms with Crippen LogP contribution in [0.25, 0.3) is 0 Å². The summed E-state index contributed by atoms with van der Waals surface area (Å²) in [4.78, 5) is 10.5. The van der Waals surface area contributed by atoms with Crippen molar-refractivity contribution in [3.8, 4) is 0 Å². The minimum atomic E-state index is -2.56. The molecule has 0 amide bonds. The Morgan fingerprint density at radius 1 is 1.12 bits per heavy atom. The van der Waals surface area contributed by atoms with E-state index in [9.17, 15) is 18.7 Å². The Hall–Kier alpha value is -0.710. The van der Waals surface area contributed by atoms with E-state index in [4.69, 9.17) is 5.11 Å². The number of aliphatic hydroxyl groups is 1. The summed E-state index contributed by atoms with van der Waals surface area (Å²) in [7, 11) is 0. The Kier molecular flexibility index (Phi) is 10.7. The molecule has 3 nitrogen and oxygen atoms in total. The maximum atomic E-state index is 14.0. The van der Waals surface area contributed by atoms with Gasteiger partial charge in [0.15, 0.2) is 0 Å². The zero-order valence-electron chi connectivity index (χ0n) is 16.6. The molecule has 5 heteroatoms. The van der Waals surface area contributed by atoms with E-state index < -0.39 is 11.9 Å². The highest BCUT2D eigenvalue weighted by atomic mass is 19.3. The van der Waals surface area contributed by atoms with Gasteiger partial charge in [0.2, 0.25) is 5.92 Å². The van der Waals surface area contributed by atoms with E-state index in [1.54, 1.807) is 0 Å². The summed E-state index contributed by atoms with van der Waals surface area (Å²) >= 11 is 0. The molecule has 1 saturated carbocycles. The second-order valence-electron chi connectivity index (χ2n) is 8.38. The third-order valence-electron chi connectivity index (χ3n) is 6.07. The molecule has 0 aliphatic heterocycles. The van der Waals surface area contributed by atoms with Crippen molar-refractivity contribution >= 4 is 5.97 Å². The van der Waals surface area contributed by atoms with Crippen molar-refractivity contribution in [1.29, 1.82) is 0 Å². The van der Waals surface area contributed by atoms with Gasteiger partial charge in [-0.2, -0.15) is 0 Å². The first-order valence-corrected chi connectivity index (χ1v) is 10.5. The lowest BCUT2D eigenvalue weighted by Gasteiger charge is -2.24. The molecule has 1 fully saturated rings. The molecule has 26 heavy (non-hydrogen) atoms. The summed E-state index contributed by atoms with van der Waals surface area (Å²) in [5.74, 6) is -2.65. The number of unbranched alkanes of at least 4 members (excludes halogenated alkanes) is 3. The van der Waals surface area contributed by atoms with E-state index in [-0.39, 0.29) is 37.2 Å². The molecule has 1 aliphatic rings. The smallest absolute Gasteiger partial charge is 0.303 e. The van der Waals surface area contributed by atoms with Crippen LogP contribution < -0.4 is 0 Å². The quantitative estimate of drug-likeness (QED) is 0.363. The maximum Gasteiger partial charge on any atom is 0.303 e. The first kappa shape index (κ1) is 23.3. The Labute approximate surface area is 157 Å². The van der Waals surface area contributed by atoms with Gasteiger partial charge in [-0.05, 0) is 56.3 Å². The van der Waals surface area contributed by atoms with Crippen molar-refractivity contribution in [1.82, 2.24) is 0 Å². The van der Waals surface area contributed by atoms with E-state index in [2.05, 4.69) is 0 Å². The molecule has 154 valence electrons. The third kappa shape index (κ3) is 9.29. The van der Waals surface area contributed by atoms with Gasteiger partial charge in [-0.15, -0.1) is 0 Å². The van der Waals surface area contributed by atoms with Crippen molar-refractivity contribution in [2.75, 3.05) is 0 Å². The molecule has 0 bridgehead atoms. The molecule has 1 aliphatic carbocycles. The zero-order chi connectivity index (χ0) is 19.6.